The van der Waals surface area contributed by atoms with Crippen LogP contribution in [0.15, 0.2) is 18.2 Å². The van der Waals surface area contributed by atoms with Gasteiger partial charge >= 0.3 is 0 Å². The van der Waals surface area contributed by atoms with Crippen molar-refractivity contribution in [1.29, 1.82) is 0 Å². The molecule has 0 saturated carbocycles. The van der Waals surface area contributed by atoms with E-state index in [0.717, 1.165) is 24.2 Å². The Morgan fingerprint density at radius 1 is 1.37 bits per heavy atom. The lowest BCUT2D eigenvalue weighted by Crippen LogP contribution is -2.31. The molecule has 1 aliphatic rings. The van der Waals surface area contributed by atoms with E-state index in [4.69, 9.17) is 18.0 Å². The van der Waals surface area contributed by atoms with Gasteiger partial charge in [-0.15, -0.1) is 0 Å². The number of anilines is 1. The fourth-order valence-corrected chi connectivity index (χ4v) is 2.82. The van der Waals surface area contributed by atoms with Crippen LogP contribution in [0.4, 0.5) is 5.69 Å². The molecule has 104 valence electrons. The number of likely N-dealkylation sites (tertiary alicyclic amines) is 1. The van der Waals surface area contributed by atoms with Crippen molar-refractivity contribution in [2.24, 2.45) is 5.73 Å². The van der Waals surface area contributed by atoms with Crippen molar-refractivity contribution in [1.82, 2.24) is 4.90 Å². The molecule has 1 saturated heterocycles. The normalized spacial score (nSPS) is 15.7. The quantitative estimate of drug-likeness (QED) is 0.836. The standard InChI is InChI=1S/C15H23N3S/c1-12-11-13(5-6-14(12)15(16)19)17(2)9-10-18-7-3-4-8-18/h5-6,11H,3-4,7-10H2,1-2H3,(H2,16,19). The SMILES string of the molecule is Cc1cc(N(C)CCN2CCCC2)ccc1C(N)=S. The Bertz CT molecular complexity index is 453. The highest BCUT2D eigenvalue weighted by atomic mass is 32.1. The van der Waals surface area contributed by atoms with Crippen LogP contribution in [0.2, 0.25) is 0 Å². The van der Waals surface area contributed by atoms with E-state index in [1.54, 1.807) is 0 Å². The predicted molar refractivity (Wildman–Crippen MR) is 86.0 cm³/mol. The molecule has 2 rings (SSSR count). The highest BCUT2D eigenvalue weighted by Crippen LogP contribution is 2.18. The van der Waals surface area contributed by atoms with E-state index in [1.165, 1.54) is 31.6 Å². The summed E-state index contributed by atoms with van der Waals surface area (Å²) in [5, 5.41) is 0. The lowest BCUT2D eigenvalue weighted by molar-refractivity contribution is 0.346. The lowest BCUT2D eigenvalue weighted by atomic mass is 10.1. The molecule has 1 fully saturated rings. The van der Waals surface area contributed by atoms with Crippen LogP contribution in [0.1, 0.15) is 24.0 Å². The van der Waals surface area contributed by atoms with Crippen molar-refractivity contribution in [3.63, 3.8) is 0 Å². The Morgan fingerprint density at radius 3 is 2.63 bits per heavy atom. The number of aryl methyl sites for hydroxylation is 1. The van der Waals surface area contributed by atoms with E-state index >= 15 is 0 Å². The summed E-state index contributed by atoms with van der Waals surface area (Å²) in [4.78, 5) is 5.31. The first-order valence-electron chi connectivity index (χ1n) is 6.92. The first-order chi connectivity index (χ1) is 9.08. The van der Waals surface area contributed by atoms with Crippen molar-refractivity contribution in [3.05, 3.63) is 29.3 Å². The Labute approximate surface area is 121 Å². The Balaban J connectivity index is 1.96. The number of hydrogen-bond acceptors (Lipinski definition) is 3. The molecule has 1 aromatic rings. The summed E-state index contributed by atoms with van der Waals surface area (Å²) in [6.45, 7) is 6.78. The van der Waals surface area contributed by atoms with E-state index in [2.05, 4.69) is 35.9 Å². The van der Waals surface area contributed by atoms with Crippen molar-refractivity contribution in [2.75, 3.05) is 38.1 Å². The van der Waals surface area contributed by atoms with Crippen LogP contribution in [0.5, 0.6) is 0 Å². The molecule has 1 heterocycles. The maximum Gasteiger partial charge on any atom is 0.104 e. The van der Waals surface area contributed by atoms with Gasteiger partial charge in [-0.2, -0.15) is 0 Å². The van der Waals surface area contributed by atoms with Crippen molar-refractivity contribution in [3.8, 4) is 0 Å². The van der Waals surface area contributed by atoms with Gasteiger partial charge in [-0.1, -0.05) is 12.2 Å². The van der Waals surface area contributed by atoms with E-state index in [9.17, 15) is 0 Å². The molecule has 0 spiro atoms. The molecule has 0 aliphatic carbocycles. The maximum atomic E-state index is 5.69. The van der Waals surface area contributed by atoms with Crippen molar-refractivity contribution in [2.45, 2.75) is 19.8 Å². The summed E-state index contributed by atoms with van der Waals surface area (Å²) < 4.78 is 0. The first-order valence-corrected chi connectivity index (χ1v) is 7.32. The van der Waals surface area contributed by atoms with Crippen molar-refractivity contribution < 1.29 is 0 Å². The number of rotatable bonds is 5. The van der Waals surface area contributed by atoms with E-state index < -0.39 is 0 Å². The number of hydrogen-bond donors (Lipinski definition) is 1. The third kappa shape index (κ3) is 3.67. The molecular formula is C15H23N3S. The van der Waals surface area contributed by atoms with Crippen LogP contribution in [0.3, 0.4) is 0 Å². The molecule has 2 N–H and O–H groups in total. The van der Waals surface area contributed by atoms with Gasteiger partial charge in [-0.25, -0.2) is 0 Å². The summed E-state index contributed by atoms with van der Waals surface area (Å²) in [7, 11) is 2.14. The Kier molecular flexibility index (Phi) is 4.77. The largest absolute Gasteiger partial charge is 0.389 e. The molecule has 0 amide bonds. The average molecular weight is 277 g/mol. The molecular weight excluding hydrogens is 254 g/mol. The summed E-state index contributed by atoms with van der Waals surface area (Å²) in [5.41, 5.74) is 9.06. The second-order valence-corrected chi connectivity index (χ2v) is 5.77. The van der Waals surface area contributed by atoms with Gasteiger partial charge in [0.05, 0.1) is 0 Å². The van der Waals surface area contributed by atoms with Crippen LogP contribution in [-0.4, -0.2) is 43.1 Å². The van der Waals surface area contributed by atoms with Gasteiger partial charge < -0.3 is 15.5 Å². The number of nitrogens with zero attached hydrogens (tertiary/aromatic N) is 2. The van der Waals surface area contributed by atoms with Crippen LogP contribution in [0.25, 0.3) is 0 Å². The second-order valence-electron chi connectivity index (χ2n) is 5.33. The van der Waals surface area contributed by atoms with Gasteiger partial charge in [0.25, 0.3) is 0 Å². The third-order valence-corrected chi connectivity index (χ3v) is 4.09. The van der Waals surface area contributed by atoms with E-state index in [1.807, 2.05) is 6.07 Å². The van der Waals surface area contributed by atoms with E-state index in [0.29, 0.717) is 4.99 Å². The number of nitrogens with two attached hydrogens (primary N) is 1. The predicted octanol–water partition coefficient (Wildman–Crippen LogP) is 2.16. The highest BCUT2D eigenvalue weighted by molar-refractivity contribution is 7.80. The smallest absolute Gasteiger partial charge is 0.104 e. The van der Waals surface area contributed by atoms with Gasteiger partial charge in [-0.3, -0.25) is 0 Å². The molecule has 3 nitrogen and oxygen atoms in total. The number of thiocarbonyl (C=S) groups is 1. The van der Waals surface area contributed by atoms with Crippen LogP contribution >= 0.6 is 12.2 Å². The zero-order valence-corrected chi connectivity index (χ0v) is 12.7. The average Bonchev–Trinajstić information content (AvgIpc) is 2.88. The van der Waals surface area contributed by atoms with E-state index in [-0.39, 0.29) is 0 Å². The molecule has 0 unspecified atom stereocenters. The van der Waals surface area contributed by atoms with Crippen molar-refractivity contribution >= 4 is 22.9 Å². The van der Waals surface area contributed by atoms with Crippen LogP contribution in [0, 0.1) is 6.92 Å². The summed E-state index contributed by atoms with van der Waals surface area (Å²) in [5.74, 6) is 0. The summed E-state index contributed by atoms with van der Waals surface area (Å²) in [6, 6.07) is 6.29. The summed E-state index contributed by atoms with van der Waals surface area (Å²) in [6.07, 6.45) is 2.71. The molecule has 4 heteroatoms. The van der Waals surface area contributed by atoms with Crippen LogP contribution < -0.4 is 10.6 Å². The third-order valence-electron chi connectivity index (χ3n) is 3.87. The molecule has 1 aliphatic heterocycles. The molecule has 0 atom stereocenters. The van der Waals surface area contributed by atoms with Crippen LogP contribution in [-0.2, 0) is 0 Å². The molecule has 19 heavy (non-hydrogen) atoms. The monoisotopic (exact) mass is 277 g/mol. The fourth-order valence-electron chi connectivity index (χ4n) is 2.59. The molecule has 0 radical (unpaired) electrons. The van der Waals surface area contributed by atoms with Gasteiger partial charge in [0.1, 0.15) is 4.99 Å². The topological polar surface area (TPSA) is 32.5 Å². The van der Waals surface area contributed by atoms with Gasteiger partial charge in [0, 0.05) is 31.4 Å². The fraction of sp³-hybridized carbons (Fsp3) is 0.533. The molecule has 0 bridgehead atoms. The number of likely N-dealkylation sites (N-methyl/N-ethyl adjacent to an activating group) is 1. The Hall–Kier alpha value is -1.13. The summed E-state index contributed by atoms with van der Waals surface area (Å²) >= 11 is 5.04. The molecule has 1 aromatic carbocycles. The van der Waals surface area contributed by atoms with Gasteiger partial charge in [0.2, 0.25) is 0 Å². The minimum Gasteiger partial charge on any atom is -0.389 e. The number of benzene rings is 1. The zero-order chi connectivity index (χ0) is 13.8. The van der Waals surface area contributed by atoms with Gasteiger partial charge in [0.15, 0.2) is 0 Å². The molecule has 0 aromatic heterocycles. The zero-order valence-electron chi connectivity index (χ0n) is 11.9. The Morgan fingerprint density at radius 2 is 2.05 bits per heavy atom. The van der Waals surface area contributed by atoms with Gasteiger partial charge in [-0.05, 0) is 56.6 Å². The minimum absolute atomic E-state index is 0.476. The highest BCUT2D eigenvalue weighted by Gasteiger charge is 2.12. The lowest BCUT2D eigenvalue weighted by Gasteiger charge is -2.24. The second kappa shape index (κ2) is 6.35. The first kappa shape index (κ1) is 14.3. The minimum atomic E-state index is 0.476. The maximum absolute atomic E-state index is 5.69.